The van der Waals surface area contributed by atoms with Crippen molar-refractivity contribution in [1.29, 1.82) is 0 Å². The minimum atomic E-state index is -1.08. The Balaban J connectivity index is 2.04. The van der Waals surface area contributed by atoms with Crippen molar-refractivity contribution in [2.75, 3.05) is 7.11 Å². The molecule has 0 saturated carbocycles. The summed E-state index contributed by atoms with van der Waals surface area (Å²) in [5.74, 6) is -0.271. The third-order valence-corrected chi connectivity index (χ3v) is 5.82. The molecule has 0 aliphatic carbocycles. The van der Waals surface area contributed by atoms with E-state index in [9.17, 15) is 14.9 Å². The van der Waals surface area contributed by atoms with Gasteiger partial charge in [-0.2, -0.15) is 0 Å². The normalized spacial score (nSPS) is 13.9. The molecule has 6 heteroatoms. The molecule has 0 aliphatic heterocycles. The summed E-state index contributed by atoms with van der Waals surface area (Å²) in [6.07, 6.45) is 0. The summed E-state index contributed by atoms with van der Waals surface area (Å²) in [4.78, 5) is 24.2. The van der Waals surface area contributed by atoms with Gasteiger partial charge in [-0.05, 0) is 29.8 Å². The van der Waals surface area contributed by atoms with Crippen LogP contribution in [0.25, 0.3) is 0 Å². The van der Waals surface area contributed by atoms with Crippen LogP contribution >= 0.6 is 15.9 Å². The van der Waals surface area contributed by atoms with Crippen LogP contribution in [0.4, 0.5) is 0 Å². The van der Waals surface area contributed by atoms with E-state index in [1.54, 1.807) is 55.6 Å². The van der Waals surface area contributed by atoms with Crippen LogP contribution in [0, 0.1) is 10.1 Å². The summed E-state index contributed by atoms with van der Waals surface area (Å²) in [5, 5.41) is 12.1. The highest BCUT2D eigenvalue weighted by molar-refractivity contribution is 9.10. The molecule has 29 heavy (non-hydrogen) atoms. The molecule has 0 N–H and O–H groups in total. The number of methoxy groups -OCH3 is 1. The summed E-state index contributed by atoms with van der Waals surface area (Å²) in [6.45, 7) is 0. The zero-order chi connectivity index (χ0) is 20.8. The third kappa shape index (κ3) is 4.71. The number of ketones is 1. The minimum absolute atomic E-state index is 0.218. The van der Waals surface area contributed by atoms with E-state index in [0.717, 1.165) is 5.56 Å². The number of rotatable bonds is 8. The topological polar surface area (TPSA) is 69.4 Å². The molecule has 0 spiro atoms. The van der Waals surface area contributed by atoms with E-state index in [2.05, 4.69) is 15.9 Å². The molecule has 3 aromatic rings. The number of benzene rings is 3. The fraction of sp³-hybridized carbons (Fsp3) is 0.174. The predicted molar refractivity (Wildman–Crippen MR) is 115 cm³/mol. The molecule has 3 atom stereocenters. The first kappa shape index (κ1) is 20.7. The largest absolute Gasteiger partial charge is 0.497 e. The number of nitro groups is 1. The molecule has 0 heterocycles. The van der Waals surface area contributed by atoms with Crippen molar-refractivity contribution in [1.82, 2.24) is 0 Å². The van der Waals surface area contributed by atoms with E-state index < -0.39 is 16.8 Å². The smallest absolute Gasteiger partial charge is 0.246 e. The first-order valence-electron chi connectivity index (χ1n) is 9.08. The van der Waals surface area contributed by atoms with Crippen LogP contribution in [-0.4, -0.2) is 22.6 Å². The van der Waals surface area contributed by atoms with E-state index in [-0.39, 0.29) is 10.7 Å². The van der Waals surface area contributed by atoms with Crippen LogP contribution in [0.3, 0.4) is 0 Å². The van der Waals surface area contributed by atoms with Crippen molar-refractivity contribution in [2.45, 2.75) is 16.8 Å². The molecule has 0 fully saturated rings. The van der Waals surface area contributed by atoms with Gasteiger partial charge in [-0.15, -0.1) is 0 Å². The molecule has 0 amide bonds. The quantitative estimate of drug-likeness (QED) is 0.197. The van der Waals surface area contributed by atoms with Crippen molar-refractivity contribution in [2.24, 2.45) is 0 Å². The van der Waals surface area contributed by atoms with E-state index in [0.29, 0.717) is 16.9 Å². The average molecular weight is 454 g/mol. The number of nitrogens with zero attached hydrogens (tertiary/aromatic N) is 1. The number of Topliss-reactive ketones (excluding diaryl/α,β-unsaturated/α-hetero) is 1. The van der Waals surface area contributed by atoms with Crippen molar-refractivity contribution < 1.29 is 14.5 Å². The Morgan fingerprint density at radius 1 is 0.897 bits per heavy atom. The Morgan fingerprint density at radius 3 is 1.90 bits per heavy atom. The number of carbonyl (C=O) groups is 1. The van der Waals surface area contributed by atoms with Gasteiger partial charge >= 0.3 is 0 Å². The fourth-order valence-electron chi connectivity index (χ4n) is 3.37. The fourth-order valence-corrected chi connectivity index (χ4v) is 4.23. The van der Waals surface area contributed by atoms with E-state index in [1.165, 1.54) is 0 Å². The second-order valence-corrected chi connectivity index (χ2v) is 7.56. The van der Waals surface area contributed by atoms with Gasteiger partial charge in [-0.1, -0.05) is 76.6 Å². The highest BCUT2D eigenvalue weighted by Crippen LogP contribution is 2.40. The summed E-state index contributed by atoms with van der Waals surface area (Å²) >= 11 is 3.50. The highest BCUT2D eigenvalue weighted by atomic mass is 79.9. The van der Waals surface area contributed by atoms with Gasteiger partial charge < -0.3 is 4.74 Å². The molecule has 0 aliphatic rings. The molecule has 3 aromatic carbocycles. The van der Waals surface area contributed by atoms with Crippen LogP contribution in [0.2, 0.25) is 0 Å². The molecule has 0 unspecified atom stereocenters. The lowest BCUT2D eigenvalue weighted by atomic mass is 9.82. The number of hydrogen-bond acceptors (Lipinski definition) is 4. The first-order chi connectivity index (χ1) is 14.0. The van der Waals surface area contributed by atoms with Gasteiger partial charge in [-0.25, -0.2) is 0 Å². The van der Waals surface area contributed by atoms with Crippen molar-refractivity contribution in [3.63, 3.8) is 0 Å². The van der Waals surface area contributed by atoms with Crippen molar-refractivity contribution in [3.8, 4) is 5.75 Å². The van der Waals surface area contributed by atoms with E-state index in [4.69, 9.17) is 4.74 Å². The Morgan fingerprint density at radius 2 is 1.41 bits per heavy atom. The van der Waals surface area contributed by atoms with Crippen molar-refractivity contribution in [3.05, 3.63) is 112 Å². The maximum atomic E-state index is 13.2. The molecule has 148 valence electrons. The van der Waals surface area contributed by atoms with E-state index >= 15 is 0 Å². The highest BCUT2D eigenvalue weighted by Gasteiger charge is 2.42. The summed E-state index contributed by atoms with van der Waals surface area (Å²) in [5.41, 5.74) is 1.74. The molecule has 0 aromatic heterocycles. The average Bonchev–Trinajstić information content (AvgIpc) is 2.77. The Kier molecular flexibility index (Phi) is 6.77. The first-order valence-corrected chi connectivity index (χ1v) is 10.00. The Labute approximate surface area is 177 Å². The molecule has 0 saturated heterocycles. The minimum Gasteiger partial charge on any atom is -0.497 e. The number of halogens is 1. The van der Waals surface area contributed by atoms with Gasteiger partial charge in [0, 0.05) is 16.1 Å². The summed E-state index contributed by atoms with van der Waals surface area (Å²) in [7, 11) is 1.55. The zero-order valence-corrected chi connectivity index (χ0v) is 17.4. The van der Waals surface area contributed by atoms with E-state index in [1.807, 2.05) is 36.4 Å². The van der Waals surface area contributed by atoms with Gasteiger partial charge in [0.1, 0.15) is 5.75 Å². The maximum Gasteiger partial charge on any atom is 0.246 e. The molecule has 3 rings (SSSR count). The Bertz CT molecular complexity index is 961. The number of alkyl halides is 1. The van der Waals surface area contributed by atoms with Crippen LogP contribution in [0.1, 0.15) is 33.4 Å². The SMILES string of the molecule is COc1ccc(C(=O)[C@H](Br)[C@H](c2ccccc2)[C@@H](c2ccccc2)[N+](=O)[O-])cc1. The lowest BCUT2D eigenvalue weighted by Gasteiger charge is -2.25. The van der Waals surface area contributed by atoms with Gasteiger partial charge in [-0.3, -0.25) is 14.9 Å². The standard InChI is InChI=1S/C23H20BrNO4/c1-29-19-14-12-18(13-15-19)23(26)21(24)20(16-8-4-2-5-9-16)22(25(27)28)17-10-6-3-7-11-17/h2-15,20-22H,1H3/t20-,21+,22+/m0/s1. The zero-order valence-electron chi connectivity index (χ0n) is 15.8. The lowest BCUT2D eigenvalue weighted by Crippen LogP contribution is -2.31. The van der Waals surface area contributed by atoms with Crippen LogP contribution in [0.15, 0.2) is 84.9 Å². The van der Waals surface area contributed by atoms with Crippen LogP contribution < -0.4 is 4.74 Å². The third-order valence-electron chi connectivity index (χ3n) is 4.83. The lowest BCUT2D eigenvalue weighted by molar-refractivity contribution is -0.533. The van der Waals surface area contributed by atoms with Crippen molar-refractivity contribution >= 4 is 21.7 Å². The number of hydrogen-bond donors (Lipinski definition) is 0. The summed E-state index contributed by atoms with van der Waals surface area (Å²) < 4.78 is 5.14. The van der Waals surface area contributed by atoms with Crippen LogP contribution in [0.5, 0.6) is 5.75 Å². The Hall–Kier alpha value is -2.99. The van der Waals surface area contributed by atoms with Gasteiger partial charge in [0.25, 0.3) is 0 Å². The van der Waals surface area contributed by atoms with Crippen LogP contribution in [-0.2, 0) is 0 Å². The molecule has 0 radical (unpaired) electrons. The second-order valence-electron chi connectivity index (χ2n) is 6.57. The predicted octanol–water partition coefficient (Wildman–Crippen LogP) is 5.44. The van der Waals surface area contributed by atoms with Gasteiger partial charge in [0.05, 0.1) is 17.9 Å². The number of carbonyl (C=O) groups excluding carboxylic acids is 1. The molecule has 0 bridgehead atoms. The monoisotopic (exact) mass is 453 g/mol. The molecular weight excluding hydrogens is 434 g/mol. The number of ether oxygens (including phenoxy) is 1. The van der Waals surface area contributed by atoms with Gasteiger partial charge in [0.2, 0.25) is 6.04 Å². The molecule has 5 nitrogen and oxygen atoms in total. The summed E-state index contributed by atoms with van der Waals surface area (Å²) in [6, 6.07) is 23.6. The maximum absolute atomic E-state index is 13.2. The second kappa shape index (κ2) is 9.47. The molecular formula is C23H20BrNO4. The van der Waals surface area contributed by atoms with Gasteiger partial charge in [0.15, 0.2) is 5.78 Å².